The summed E-state index contributed by atoms with van der Waals surface area (Å²) >= 11 is 0. The maximum atomic E-state index is 13.0. The molecule has 0 heterocycles. The number of carbonyl (C=O) groups excluding carboxylic acids is 1. The zero-order valence-corrected chi connectivity index (χ0v) is 16.2. The van der Waals surface area contributed by atoms with E-state index in [2.05, 4.69) is 0 Å². The number of carbonyl (C=O) groups is 1. The van der Waals surface area contributed by atoms with Crippen LogP contribution in [-0.4, -0.2) is 39.4 Å². The Bertz CT molecular complexity index is 984. The Kier molecular flexibility index (Phi) is 7.09. The SMILES string of the molecule is COc1cc(C#N)ccc1OC(=O)CCCN(C)S(=O)(=O)c1ccc(F)cc1. The second-order valence-electron chi connectivity index (χ2n) is 5.84. The van der Waals surface area contributed by atoms with E-state index in [-0.39, 0.29) is 35.8 Å². The van der Waals surface area contributed by atoms with E-state index >= 15 is 0 Å². The summed E-state index contributed by atoms with van der Waals surface area (Å²) in [5.41, 5.74) is 0.365. The van der Waals surface area contributed by atoms with Gasteiger partial charge in [-0.05, 0) is 42.8 Å². The molecule has 0 saturated carbocycles. The third-order valence-corrected chi connectivity index (χ3v) is 5.76. The van der Waals surface area contributed by atoms with E-state index in [1.165, 1.54) is 44.5 Å². The largest absolute Gasteiger partial charge is 0.493 e. The monoisotopic (exact) mass is 406 g/mol. The van der Waals surface area contributed by atoms with Crippen molar-refractivity contribution in [2.45, 2.75) is 17.7 Å². The Hall–Kier alpha value is -2.96. The van der Waals surface area contributed by atoms with Gasteiger partial charge < -0.3 is 9.47 Å². The standard InChI is InChI=1S/C19H19FN2O5S/c1-22(28(24,25)16-8-6-15(20)7-9-16)11-3-4-19(23)27-17-10-5-14(13-21)12-18(17)26-2/h5-10,12H,3-4,11H2,1-2H3. The molecular weight excluding hydrogens is 387 g/mol. The number of esters is 1. The lowest BCUT2D eigenvalue weighted by molar-refractivity contribution is -0.134. The summed E-state index contributed by atoms with van der Waals surface area (Å²) in [6.07, 6.45) is 0.209. The van der Waals surface area contributed by atoms with Crippen molar-refractivity contribution in [3.05, 3.63) is 53.8 Å². The molecule has 0 atom stereocenters. The highest BCUT2D eigenvalue weighted by atomic mass is 32.2. The van der Waals surface area contributed by atoms with Gasteiger partial charge >= 0.3 is 5.97 Å². The molecule has 0 unspecified atom stereocenters. The quantitative estimate of drug-likeness (QED) is 0.494. The van der Waals surface area contributed by atoms with E-state index in [0.717, 1.165) is 16.4 Å². The summed E-state index contributed by atoms with van der Waals surface area (Å²) in [4.78, 5) is 12.0. The van der Waals surface area contributed by atoms with E-state index in [1.54, 1.807) is 0 Å². The highest BCUT2D eigenvalue weighted by Crippen LogP contribution is 2.28. The molecule has 0 N–H and O–H groups in total. The molecule has 9 heteroatoms. The molecule has 0 aliphatic heterocycles. The number of benzene rings is 2. The van der Waals surface area contributed by atoms with Crippen LogP contribution in [0.5, 0.6) is 11.5 Å². The van der Waals surface area contributed by atoms with Gasteiger partial charge in [-0.1, -0.05) is 0 Å². The number of hydrogen-bond donors (Lipinski definition) is 0. The van der Waals surface area contributed by atoms with Crippen molar-refractivity contribution in [2.24, 2.45) is 0 Å². The summed E-state index contributed by atoms with van der Waals surface area (Å²) in [5, 5.41) is 8.87. The first-order valence-electron chi connectivity index (χ1n) is 8.28. The Balaban J connectivity index is 1.91. The van der Waals surface area contributed by atoms with Gasteiger partial charge in [0.15, 0.2) is 11.5 Å². The number of ether oxygens (including phenoxy) is 2. The average molecular weight is 406 g/mol. The van der Waals surface area contributed by atoms with Crippen molar-refractivity contribution in [1.29, 1.82) is 5.26 Å². The zero-order valence-electron chi connectivity index (χ0n) is 15.4. The lowest BCUT2D eigenvalue weighted by Gasteiger charge is -2.17. The van der Waals surface area contributed by atoms with Gasteiger partial charge in [0, 0.05) is 26.1 Å². The molecule has 0 aromatic heterocycles. The lowest BCUT2D eigenvalue weighted by atomic mass is 10.2. The van der Waals surface area contributed by atoms with Crippen LogP contribution in [-0.2, 0) is 14.8 Å². The van der Waals surface area contributed by atoms with Crippen LogP contribution in [0.2, 0.25) is 0 Å². The molecular formula is C19H19FN2O5S. The van der Waals surface area contributed by atoms with Gasteiger partial charge in [0.05, 0.1) is 23.6 Å². The molecule has 0 bridgehead atoms. The van der Waals surface area contributed by atoms with E-state index in [1.807, 2.05) is 6.07 Å². The predicted molar refractivity (Wildman–Crippen MR) is 98.8 cm³/mol. The van der Waals surface area contributed by atoms with Crippen LogP contribution in [0.3, 0.4) is 0 Å². The smallest absolute Gasteiger partial charge is 0.311 e. The van der Waals surface area contributed by atoms with Gasteiger partial charge in [0.1, 0.15) is 5.82 Å². The highest BCUT2D eigenvalue weighted by molar-refractivity contribution is 7.89. The first kappa shape index (κ1) is 21.3. The molecule has 7 nitrogen and oxygen atoms in total. The summed E-state index contributed by atoms with van der Waals surface area (Å²) < 4.78 is 49.2. The number of sulfonamides is 1. The van der Waals surface area contributed by atoms with Crippen LogP contribution < -0.4 is 9.47 Å². The van der Waals surface area contributed by atoms with Crippen molar-refractivity contribution in [3.8, 4) is 17.6 Å². The van der Waals surface area contributed by atoms with Gasteiger partial charge in [-0.3, -0.25) is 4.79 Å². The van der Waals surface area contributed by atoms with Crippen LogP contribution >= 0.6 is 0 Å². The second-order valence-corrected chi connectivity index (χ2v) is 7.88. The lowest BCUT2D eigenvalue weighted by Crippen LogP contribution is -2.28. The molecule has 0 saturated heterocycles. The molecule has 148 valence electrons. The molecule has 0 spiro atoms. The zero-order chi connectivity index (χ0) is 20.7. The van der Waals surface area contributed by atoms with E-state index in [4.69, 9.17) is 14.7 Å². The summed E-state index contributed by atoms with van der Waals surface area (Å²) in [5.74, 6) is -0.652. The highest BCUT2D eigenvalue weighted by Gasteiger charge is 2.21. The van der Waals surface area contributed by atoms with Crippen molar-refractivity contribution in [2.75, 3.05) is 20.7 Å². The van der Waals surface area contributed by atoms with Crippen LogP contribution in [0.1, 0.15) is 18.4 Å². The van der Waals surface area contributed by atoms with Crippen LogP contribution in [0.15, 0.2) is 47.4 Å². The summed E-state index contributed by atoms with van der Waals surface area (Å²) in [6, 6.07) is 10.9. The molecule has 2 aromatic rings. The van der Waals surface area contributed by atoms with Gasteiger partial charge in [0.2, 0.25) is 10.0 Å². The number of nitrogens with zero attached hydrogens (tertiary/aromatic N) is 2. The van der Waals surface area contributed by atoms with E-state index in [0.29, 0.717) is 5.56 Å². The maximum Gasteiger partial charge on any atom is 0.311 e. The summed E-state index contributed by atoms with van der Waals surface area (Å²) in [6.45, 7) is 0.0827. The minimum atomic E-state index is -3.77. The predicted octanol–water partition coefficient (Wildman–Crippen LogP) is 2.71. The first-order chi connectivity index (χ1) is 13.3. The van der Waals surface area contributed by atoms with Crippen molar-refractivity contribution < 1.29 is 27.1 Å². The third kappa shape index (κ3) is 5.28. The van der Waals surface area contributed by atoms with Crippen molar-refractivity contribution in [3.63, 3.8) is 0 Å². The minimum absolute atomic E-state index is 0.0214. The second kappa shape index (κ2) is 9.30. The molecule has 2 aromatic carbocycles. The first-order valence-corrected chi connectivity index (χ1v) is 9.72. The molecule has 0 aliphatic carbocycles. The maximum absolute atomic E-state index is 13.0. The van der Waals surface area contributed by atoms with Gasteiger partial charge in [-0.25, -0.2) is 17.1 Å². The fraction of sp³-hybridized carbons (Fsp3) is 0.263. The normalized spacial score (nSPS) is 11.1. The number of rotatable bonds is 8. The topological polar surface area (TPSA) is 96.7 Å². The molecule has 0 fully saturated rings. The van der Waals surface area contributed by atoms with Gasteiger partial charge in [0.25, 0.3) is 0 Å². The number of halogens is 1. The van der Waals surface area contributed by atoms with Crippen LogP contribution in [0, 0.1) is 17.1 Å². The molecule has 28 heavy (non-hydrogen) atoms. The van der Waals surface area contributed by atoms with E-state index < -0.39 is 21.8 Å². The molecule has 0 amide bonds. The Morgan fingerprint density at radius 3 is 2.46 bits per heavy atom. The molecule has 0 radical (unpaired) electrons. The number of hydrogen-bond acceptors (Lipinski definition) is 6. The number of nitriles is 1. The minimum Gasteiger partial charge on any atom is -0.493 e. The Morgan fingerprint density at radius 1 is 1.18 bits per heavy atom. The van der Waals surface area contributed by atoms with Gasteiger partial charge in [-0.15, -0.1) is 0 Å². The molecule has 2 rings (SSSR count). The third-order valence-electron chi connectivity index (χ3n) is 3.89. The van der Waals surface area contributed by atoms with E-state index in [9.17, 15) is 17.6 Å². The fourth-order valence-corrected chi connectivity index (χ4v) is 3.56. The van der Waals surface area contributed by atoms with Crippen molar-refractivity contribution in [1.82, 2.24) is 4.31 Å². The average Bonchev–Trinajstić information content (AvgIpc) is 2.68. The van der Waals surface area contributed by atoms with Crippen LogP contribution in [0.25, 0.3) is 0 Å². The Morgan fingerprint density at radius 2 is 1.86 bits per heavy atom. The Labute approximate surface area is 163 Å². The van der Waals surface area contributed by atoms with Gasteiger partial charge in [-0.2, -0.15) is 5.26 Å². The van der Waals surface area contributed by atoms with Crippen molar-refractivity contribution >= 4 is 16.0 Å². The fourth-order valence-electron chi connectivity index (χ4n) is 2.35. The molecule has 0 aliphatic rings. The summed E-state index contributed by atoms with van der Waals surface area (Å²) in [7, 11) is -0.992. The number of methoxy groups -OCH3 is 1. The van der Waals surface area contributed by atoms with Crippen LogP contribution in [0.4, 0.5) is 4.39 Å².